The van der Waals surface area contributed by atoms with Gasteiger partial charge in [-0.15, -0.1) is 11.3 Å². The summed E-state index contributed by atoms with van der Waals surface area (Å²) in [6, 6.07) is 1.98. The van der Waals surface area contributed by atoms with Gasteiger partial charge in [0.1, 0.15) is 16.7 Å². The number of rotatable bonds is 4. The first-order valence-corrected chi connectivity index (χ1v) is 8.43. The number of hydrogen-bond acceptors (Lipinski definition) is 5. The van der Waals surface area contributed by atoms with Crippen molar-refractivity contribution in [3.8, 4) is 5.75 Å². The quantitative estimate of drug-likeness (QED) is 0.932. The topological polar surface area (TPSA) is 65.4 Å². The molecule has 3 rings (SSSR count). The van der Waals surface area contributed by atoms with Crippen molar-refractivity contribution in [3.63, 3.8) is 0 Å². The van der Waals surface area contributed by atoms with E-state index < -0.39 is 0 Å². The van der Waals surface area contributed by atoms with E-state index in [1.807, 2.05) is 30.8 Å². The molecule has 1 saturated heterocycles. The van der Waals surface area contributed by atoms with E-state index in [2.05, 4.69) is 10.3 Å². The molecule has 6 nitrogen and oxygen atoms in total. The van der Waals surface area contributed by atoms with Crippen molar-refractivity contribution in [2.75, 3.05) is 13.7 Å². The minimum Gasteiger partial charge on any atom is -0.495 e. The predicted octanol–water partition coefficient (Wildman–Crippen LogP) is 2.45. The third kappa shape index (κ3) is 3.40. The number of carbonyl (C=O) groups excluding carboxylic acids is 1. The van der Waals surface area contributed by atoms with E-state index in [4.69, 9.17) is 9.47 Å². The van der Waals surface area contributed by atoms with E-state index in [9.17, 15) is 4.79 Å². The highest BCUT2D eigenvalue weighted by Crippen LogP contribution is 2.30. The van der Waals surface area contributed by atoms with Crippen molar-refractivity contribution < 1.29 is 14.3 Å². The number of ether oxygens (including phenoxy) is 2. The fourth-order valence-electron chi connectivity index (χ4n) is 2.86. The lowest BCUT2D eigenvalue weighted by Gasteiger charge is -2.30. The zero-order chi connectivity index (χ0) is 16.4. The summed E-state index contributed by atoms with van der Waals surface area (Å²) in [6.07, 6.45) is 5.11. The number of aromatic nitrogens is 2. The maximum absolute atomic E-state index is 12.5. The molecule has 2 aromatic rings. The molecule has 0 spiro atoms. The lowest BCUT2D eigenvalue weighted by molar-refractivity contribution is -0.00299. The molecule has 0 radical (unpaired) electrons. The van der Waals surface area contributed by atoms with Gasteiger partial charge in [-0.05, 0) is 25.8 Å². The number of imidazole rings is 1. The molecule has 0 aromatic carbocycles. The van der Waals surface area contributed by atoms with E-state index in [-0.39, 0.29) is 18.1 Å². The summed E-state index contributed by atoms with van der Waals surface area (Å²) in [6.45, 7) is 2.60. The van der Waals surface area contributed by atoms with Gasteiger partial charge in [-0.25, -0.2) is 4.98 Å². The van der Waals surface area contributed by atoms with Crippen LogP contribution in [-0.4, -0.2) is 35.2 Å². The van der Waals surface area contributed by atoms with Gasteiger partial charge in [-0.1, -0.05) is 0 Å². The molecule has 0 bridgehead atoms. The van der Waals surface area contributed by atoms with Crippen LogP contribution in [0.15, 0.2) is 18.6 Å². The van der Waals surface area contributed by atoms with Crippen LogP contribution >= 0.6 is 11.3 Å². The highest BCUT2D eigenvalue weighted by molar-refractivity contribution is 7.14. The van der Waals surface area contributed by atoms with Gasteiger partial charge in [0.15, 0.2) is 0 Å². The van der Waals surface area contributed by atoms with Crippen molar-refractivity contribution in [1.82, 2.24) is 14.9 Å². The van der Waals surface area contributed by atoms with Crippen LogP contribution in [0.25, 0.3) is 0 Å². The molecule has 3 heterocycles. The van der Waals surface area contributed by atoms with Crippen molar-refractivity contribution in [3.05, 3.63) is 34.0 Å². The maximum Gasteiger partial charge on any atom is 0.265 e. The summed E-state index contributed by atoms with van der Waals surface area (Å²) in [4.78, 5) is 18.4. The second kappa shape index (κ2) is 6.72. The normalized spacial score (nSPS) is 21.2. The second-order valence-corrected chi connectivity index (χ2v) is 6.99. The number of methoxy groups -OCH3 is 1. The van der Waals surface area contributed by atoms with E-state index in [0.29, 0.717) is 17.2 Å². The van der Waals surface area contributed by atoms with Crippen LogP contribution in [-0.2, 0) is 11.8 Å². The summed E-state index contributed by atoms with van der Waals surface area (Å²) in [5, 5.41) is 3.12. The van der Waals surface area contributed by atoms with E-state index in [0.717, 1.165) is 23.4 Å². The van der Waals surface area contributed by atoms with Crippen molar-refractivity contribution in [1.29, 1.82) is 0 Å². The Morgan fingerprint density at radius 1 is 1.57 bits per heavy atom. The first kappa shape index (κ1) is 16.0. The van der Waals surface area contributed by atoms with E-state index in [1.165, 1.54) is 11.3 Å². The molecule has 1 amide bonds. The lowest BCUT2D eigenvalue weighted by atomic mass is 10.0. The second-order valence-electron chi connectivity index (χ2n) is 5.74. The molecule has 124 valence electrons. The zero-order valence-corrected chi connectivity index (χ0v) is 14.4. The number of amides is 1. The van der Waals surface area contributed by atoms with Crippen molar-refractivity contribution >= 4 is 17.2 Å². The number of hydrogen-bond donors (Lipinski definition) is 1. The lowest BCUT2D eigenvalue weighted by Crippen LogP contribution is -2.40. The van der Waals surface area contributed by atoms with Crippen LogP contribution in [0, 0.1) is 6.92 Å². The Bertz CT molecular complexity index is 695. The third-order valence-electron chi connectivity index (χ3n) is 4.05. The first-order valence-electron chi connectivity index (χ1n) is 7.61. The molecule has 7 heteroatoms. The largest absolute Gasteiger partial charge is 0.495 e. The monoisotopic (exact) mass is 335 g/mol. The van der Waals surface area contributed by atoms with Gasteiger partial charge in [0.25, 0.3) is 5.91 Å². The smallest absolute Gasteiger partial charge is 0.265 e. The minimum atomic E-state index is -0.0735. The average Bonchev–Trinajstić information content (AvgIpc) is 3.13. The van der Waals surface area contributed by atoms with Crippen LogP contribution in [0.2, 0.25) is 0 Å². The minimum absolute atomic E-state index is 0.0338. The Morgan fingerprint density at radius 3 is 3.09 bits per heavy atom. The number of thiophene rings is 1. The number of nitrogens with one attached hydrogen (secondary N) is 1. The molecular formula is C16H21N3O3S. The van der Waals surface area contributed by atoms with Crippen molar-refractivity contribution in [2.45, 2.75) is 31.9 Å². The van der Waals surface area contributed by atoms with Crippen LogP contribution in [0.1, 0.15) is 39.2 Å². The summed E-state index contributed by atoms with van der Waals surface area (Å²) in [5.41, 5.74) is 1.04. The fourth-order valence-corrected chi connectivity index (χ4v) is 3.75. The predicted molar refractivity (Wildman–Crippen MR) is 88.0 cm³/mol. The standard InChI is InChI=1S/C16H21N3O3S/c1-10-6-14(21-3)15(23-10)16(20)18-11-4-5-22-13(7-11)12-8-17-9-19(12)2/h6,8-9,11,13H,4-5,7H2,1-3H3,(H,18,20). The Morgan fingerprint density at radius 2 is 2.39 bits per heavy atom. The fraction of sp³-hybridized carbons (Fsp3) is 0.500. The summed E-state index contributed by atoms with van der Waals surface area (Å²) < 4.78 is 13.1. The molecule has 0 saturated carbocycles. The average molecular weight is 335 g/mol. The van der Waals surface area contributed by atoms with Crippen LogP contribution in [0.4, 0.5) is 0 Å². The molecule has 1 aliphatic rings. The highest BCUT2D eigenvalue weighted by atomic mass is 32.1. The molecule has 1 fully saturated rings. The molecule has 0 aliphatic carbocycles. The van der Waals surface area contributed by atoms with Gasteiger partial charge in [-0.2, -0.15) is 0 Å². The van der Waals surface area contributed by atoms with Crippen LogP contribution in [0.5, 0.6) is 5.75 Å². The summed E-state index contributed by atoms with van der Waals surface area (Å²) in [7, 11) is 3.54. The van der Waals surface area contributed by atoms with Gasteiger partial charge in [0.05, 0.1) is 25.3 Å². The molecule has 1 aliphatic heterocycles. The molecule has 2 atom stereocenters. The Hall–Kier alpha value is -1.86. The summed E-state index contributed by atoms with van der Waals surface area (Å²) in [5.74, 6) is 0.566. The number of nitrogens with zero attached hydrogens (tertiary/aromatic N) is 2. The van der Waals surface area contributed by atoms with Gasteiger partial charge in [-0.3, -0.25) is 4.79 Å². The molecule has 23 heavy (non-hydrogen) atoms. The molecule has 2 unspecified atom stereocenters. The van der Waals surface area contributed by atoms with Crippen LogP contribution < -0.4 is 10.1 Å². The Kier molecular flexibility index (Phi) is 4.68. The number of carbonyl (C=O) groups is 1. The molecule has 1 N–H and O–H groups in total. The first-order chi connectivity index (χ1) is 11.1. The van der Waals surface area contributed by atoms with E-state index in [1.54, 1.807) is 13.4 Å². The third-order valence-corrected chi connectivity index (χ3v) is 5.08. The number of aryl methyl sites for hydroxylation is 2. The van der Waals surface area contributed by atoms with E-state index >= 15 is 0 Å². The van der Waals surface area contributed by atoms with Crippen molar-refractivity contribution in [2.24, 2.45) is 7.05 Å². The van der Waals surface area contributed by atoms with Gasteiger partial charge in [0.2, 0.25) is 0 Å². The molecule has 2 aromatic heterocycles. The van der Waals surface area contributed by atoms with Gasteiger partial charge < -0.3 is 19.4 Å². The van der Waals surface area contributed by atoms with Gasteiger partial charge >= 0.3 is 0 Å². The van der Waals surface area contributed by atoms with Gasteiger partial charge in [0, 0.05) is 24.6 Å². The maximum atomic E-state index is 12.5. The molecular weight excluding hydrogens is 314 g/mol. The Balaban J connectivity index is 1.68. The summed E-state index contributed by atoms with van der Waals surface area (Å²) >= 11 is 1.45. The Labute approximate surface area is 139 Å². The zero-order valence-electron chi connectivity index (χ0n) is 13.5. The highest BCUT2D eigenvalue weighted by Gasteiger charge is 2.28. The van der Waals surface area contributed by atoms with Crippen LogP contribution in [0.3, 0.4) is 0 Å². The SMILES string of the molecule is COc1cc(C)sc1C(=O)NC1CCOC(c2cncn2C)C1.